The van der Waals surface area contributed by atoms with Crippen LogP contribution in [0.15, 0.2) is 18.2 Å². The van der Waals surface area contributed by atoms with Crippen molar-refractivity contribution < 1.29 is 14.1 Å². The Morgan fingerprint density at radius 1 is 1.57 bits per heavy atom. The molecule has 5 heteroatoms. The van der Waals surface area contributed by atoms with Crippen molar-refractivity contribution in [2.45, 2.75) is 13.3 Å². The molecule has 0 bridgehead atoms. The second-order valence-electron chi connectivity index (χ2n) is 2.87. The Kier molecular flexibility index (Phi) is 2.91. The molecule has 1 aromatic carbocycles. The Bertz CT molecular complexity index is 390. The van der Waals surface area contributed by atoms with E-state index in [0.717, 1.165) is 6.07 Å². The maximum absolute atomic E-state index is 13.1. The van der Waals surface area contributed by atoms with Crippen molar-refractivity contribution >= 4 is 11.5 Å². The number of nitro groups is 1. The summed E-state index contributed by atoms with van der Waals surface area (Å²) in [7, 11) is 0. The molecule has 0 unspecified atom stereocenters. The predicted molar refractivity (Wildman–Crippen MR) is 47.4 cm³/mol. The van der Waals surface area contributed by atoms with Crippen LogP contribution in [0.1, 0.15) is 12.5 Å². The van der Waals surface area contributed by atoms with Crippen molar-refractivity contribution in [2.24, 2.45) is 0 Å². The maximum Gasteiger partial charge on any atom is 0.275 e. The van der Waals surface area contributed by atoms with E-state index < -0.39 is 10.7 Å². The highest BCUT2D eigenvalue weighted by atomic mass is 19.1. The van der Waals surface area contributed by atoms with Gasteiger partial charge in [0.05, 0.1) is 10.5 Å². The topological polar surface area (TPSA) is 60.2 Å². The summed E-state index contributed by atoms with van der Waals surface area (Å²) >= 11 is 0. The lowest BCUT2D eigenvalue weighted by Crippen LogP contribution is -2.03. The summed E-state index contributed by atoms with van der Waals surface area (Å²) in [6.45, 7) is 1.26. The summed E-state index contributed by atoms with van der Waals surface area (Å²) in [5.74, 6) is -1.02. The summed E-state index contributed by atoms with van der Waals surface area (Å²) in [6, 6.07) is 3.53. The molecule has 0 fully saturated rings. The Morgan fingerprint density at radius 3 is 2.71 bits per heavy atom. The minimum Gasteiger partial charge on any atom is -0.300 e. The second kappa shape index (κ2) is 3.95. The Morgan fingerprint density at radius 2 is 2.21 bits per heavy atom. The average Bonchev–Trinajstić information content (AvgIpc) is 2.07. The van der Waals surface area contributed by atoms with E-state index in [-0.39, 0.29) is 23.5 Å². The van der Waals surface area contributed by atoms with E-state index in [1.165, 1.54) is 19.1 Å². The standard InChI is InChI=1S/C9H8FNO3/c1-6(12)5-7-8(10)3-2-4-9(7)11(13)14/h2-4H,5H2,1H3. The molecular weight excluding hydrogens is 189 g/mol. The lowest BCUT2D eigenvalue weighted by atomic mass is 10.1. The second-order valence-corrected chi connectivity index (χ2v) is 2.87. The molecule has 0 aromatic heterocycles. The molecule has 0 amide bonds. The van der Waals surface area contributed by atoms with Crippen molar-refractivity contribution in [3.63, 3.8) is 0 Å². The summed E-state index contributed by atoms with van der Waals surface area (Å²) in [5, 5.41) is 10.5. The van der Waals surface area contributed by atoms with Crippen LogP contribution >= 0.6 is 0 Å². The van der Waals surface area contributed by atoms with Crippen LogP contribution in [0.3, 0.4) is 0 Å². The van der Waals surface area contributed by atoms with Gasteiger partial charge >= 0.3 is 0 Å². The van der Waals surface area contributed by atoms with Gasteiger partial charge in [-0.2, -0.15) is 0 Å². The van der Waals surface area contributed by atoms with Crippen LogP contribution in [-0.4, -0.2) is 10.7 Å². The number of ketones is 1. The molecule has 4 nitrogen and oxygen atoms in total. The molecule has 0 N–H and O–H groups in total. The van der Waals surface area contributed by atoms with Crippen LogP contribution in [-0.2, 0) is 11.2 Å². The van der Waals surface area contributed by atoms with Crippen LogP contribution in [0, 0.1) is 15.9 Å². The molecular formula is C9H8FNO3. The van der Waals surface area contributed by atoms with E-state index >= 15 is 0 Å². The van der Waals surface area contributed by atoms with Gasteiger partial charge in [-0.05, 0) is 13.0 Å². The zero-order chi connectivity index (χ0) is 10.7. The Balaban J connectivity index is 3.22. The number of benzene rings is 1. The van der Waals surface area contributed by atoms with Crippen LogP contribution in [0.5, 0.6) is 0 Å². The van der Waals surface area contributed by atoms with Gasteiger partial charge in [0.25, 0.3) is 5.69 Å². The first-order valence-corrected chi connectivity index (χ1v) is 3.93. The van der Waals surface area contributed by atoms with Crippen molar-refractivity contribution in [3.8, 4) is 0 Å². The largest absolute Gasteiger partial charge is 0.300 e. The Hall–Kier alpha value is -1.78. The highest BCUT2D eigenvalue weighted by Crippen LogP contribution is 2.21. The van der Waals surface area contributed by atoms with Crippen molar-refractivity contribution in [1.82, 2.24) is 0 Å². The normalized spacial score (nSPS) is 9.86. The summed E-state index contributed by atoms with van der Waals surface area (Å²) < 4.78 is 13.1. The molecule has 0 heterocycles. The summed E-state index contributed by atoms with van der Waals surface area (Å²) in [6.07, 6.45) is -0.247. The molecule has 0 spiro atoms. The Labute approximate surface area is 79.5 Å². The summed E-state index contributed by atoms with van der Waals surface area (Å²) in [5.41, 5.74) is -0.495. The highest BCUT2D eigenvalue weighted by Gasteiger charge is 2.18. The van der Waals surface area contributed by atoms with E-state index in [4.69, 9.17) is 0 Å². The fourth-order valence-corrected chi connectivity index (χ4v) is 1.14. The zero-order valence-corrected chi connectivity index (χ0v) is 7.49. The molecule has 0 atom stereocenters. The first-order chi connectivity index (χ1) is 6.52. The van der Waals surface area contributed by atoms with E-state index in [2.05, 4.69) is 0 Å². The van der Waals surface area contributed by atoms with Crippen molar-refractivity contribution in [2.75, 3.05) is 0 Å². The number of nitro benzene ring substituents is 1. The van der Waals surface area contributed by atoms with Gasteiger partial charge in [0, 0.05) is 12.5 Å². The predicted octanol–water partition coefficient (Wildman–Crippen LogP) is 1.87. The molecule has 0 radical (unpaired) electrons. The molecule has 0 aliphatic rings. The fraction of sp³-hybridized carbons (Fsp3) is 0.222. The van der Waals surface area contributed by atoms with E-state index in [1.54, 1.807) is 0 Å². The molecule has 0 saturated carbocycles. The third kappa shape index (κ3) is 2.12. The maximum atomic E-state index is 13.1. The third-order valence-corrected chi connectivity index (χ3v) is 1.72. The van der Waals surface area contributed by atoms with E-state index in [1.807, 2.05) is 0 Å². The first kappa shape index (κ1) is 10.3. The highest BCUT2D eigenvalue weighted by molar-refractivity contribution is 5.79. The van der Waals surface area contributed by atoms with Gasteiger partial charge in [-0.15, -0.1) is 0 Å². The van der Waals surface area contributed by atoms with Gasteiger partial charge in [-0.25, -0.2) is 4.39 Å². The third-order valence-electron chi connectivity index (χ3n) is 1.72. The fourth-order valence-electron chi connectivity index (χ4n) is 1.14. The number of rotatable bonds is 3. The number of halogens is 1. The lowest BCUT2D eigenvalue weighted by Gasteiger charge is -2.01. The van der Waals surface area contributed by atoms with Gasteiger partial charge in [-0.1, -0.05) is 6.07 Å². The van der Waals surface area contributed by atoms with Crippen LogP contribution in [0.2, 0.25) is 0 Å². The van der Waals surface area contributed by atoms with Crippen molar-refractivity contribution in [3.05, 3.63) is 39.7 Å². The number of carbonyl (C=O) groups excluding carboxylic acids is 1. The molecule has 14 heavy (non-hydrogen) atoms. The minimum atomic E-state index is -0.714. The molecule has 1 rings (SSSR count). The van der Waals surface area contributed by atoms with Crippen LogP contribution < -0.4 is 0 Å². The molecule has 0 saturated heterocycles. The first-order valence-electron chi connectivity index (χ1n) is 3.93. The molecule has 74 valence electrons. The van der Waals surface area contributed by atoms with E-state index in [9.17, 15) is 19.3 Å². The summed E-state index contributed by atoms with van der Waals surface area (Å²) in [4.78, 5) is 20.5. The zero-order valence-electron chi connectivity index (χ0n) is 7.49. The number of hydrogen-bond acceptors (Lipinski definition) is 3. The molecule has 0 aliphatic heterocycles. The number of nitrogens with zero attached hydrogens (tertiary/aromatic N) is 1. The number of Topliss-reactive ketones (excluding diaryl/α,β-unsaturated/α-hetero) is 1. The van der Waals surface area contributed by atoms with Gasteiger partial charge in [0.1, 0.15) is 11.6 Å². The minimum absolute atomic E-state index is 0.148. The molecule has 0 aliphatic carbocycles. The van der Waals surface area contributed by atoms with Crippen molar-refractivity contribution in [1.29, 1.82) is 0 Å². The van der Waals surface area contributed by atoms with Crippen LogP contribution in [0.25, 0.3) is 0 Å². The van der Waals surface area contributed by atoms with Gasteiger partial charge in [0.2, 0.25) is 0 Å². The lowest BCUT2D eigenvalue weighted by molar-refractivity contribution is -0.385. The quantitative estimate of drug-likeness (QED) is 0.548. The van der Waals surface area contributed by atoms with Gasteiger partial charge in [0.15, 0.2) is 0 Å². The SMILES string of the molecule is CC(=O)Cc1c(F)cccc1[N+](=O)[O-]. The van der Waals surface area contributed by atoms with E-state index in [0.29, 0.717) is 0 Å². The smallest absolute Gasteiger partial charge is 0.275 e. The molecule has 1 aromatic rings. The number of carbonyl (C=O) groups is 1. The monoisotopic (exact) mass is 197 g/mol. The average molecular weight is 197 g/mol. The number of hydrogen-bond donors (Lipinski definition) is 0. The van der Waals surface area contributed by atoms with Gasteiger partial charge in [-0.3, -0.25) is 14.9 Å². The van der Waals surface area contributed by atoms with Crippen LogP contribution in [0.4, 0.5) is 10.1 Å². The van der Waals surface area contributed by atoms with Gasteiger partial charge < -0.3 is 0 Å².